The van der Waals surface area contributed by atoms with E-state index in [2.05, 4.69) is 19.2 Å². The van der Waals surface area contributed by atoms with Crippen molar-refractivity contribution in [2.24, 2.45) is 0 Å². The minimum absolute atomic E-state index is 0.377. The average molecular weight is 221 g/mol. The number of hydrogen-bond donors (Lipinski definition) is 1. The zero-order valence-electron chi connectivity index (χ0n) is 9.95. The van der Waals surface area contributed by atoms with Gasteiger partial charge in [0.05, 0.1) is 0 Å². The van der Waals surface area contributed by atoms with Crippen LogP contribution in [-0.2, 0) is 6.42 Å². The normalized spacial score (nSPS) is 9.88. The summed E-state index contributed by atoms with van der Waals surface area (Å²) >= 11 is 0. The van der Waals surface area contributed by atoms with Crippen LogP contribution < -0.4 is 10.1 Å². The number of nitrogens with one attached hydrogen (secondary N) is 1. The fraction of sp³-hybridized carbons (Fsp3) is 0.462. The van der Waals surface area contributed by atoms with E-state index in [0.29, 0.717) is 12.3 Å². The first-order valence-electron chi connectivity index (χ1n) is 5.81. The standard InChI is InChI=1S/C13H19NO2/c1-3-5-10-14-13(15)16-12-8-6-11(4-2)7-9-12/h6-9H,3-5,10H2,1-2H3,(H,14,15). The Morgan fingerprint density at radius 1 is 1.25 bits per heavy atom. The smallest absolute Gasteiger partial charge is 0.410 e. The highest BCUT2D eigenvalue weighted by Gasteiger charge is 2.02. The van der Waals surface area contributed by atoms with Crippen molar-refractivity contribution in [2.45, 2.75) is 33.1 Å². The average Bonchev–Trinajstić information content (AvgIpc) is 2.30. The molecule has 0 atom stereocenters. The van der Waals surface area contributed by atoms with Crippen molar-refractivity contribution >= 4 is 6.09 Å². The molecule has 1 amide bonds. The van der Waals surface area contributed by atoms with Gasteiger partial charge in [0.1, 0.15) is 5.75 Å². The summed E-state index contributed by atoms with van der Waals surface area (Å²) in [6.45, 7) is 4.84. The van der Waals surface area contributed by atoms with Crippen molar-refractivity contribution in [3.63, 3.8) is 0 Å². The van der Waals surface area contributed by atoms with Gasteiger partial charge in [-0.3, -0.25) is 0 Å². The maximum Gasteiger partial charge on any atom is 0.412 e. The van der Waals surface area contributed by atoms with E-state index in [4.69, 9.17) is 4.74 Å². The predicted molar refractivity (Wildman–Crippen MR) is 64.8 cm³/mol. The zero-order valence-corrected chi connectivity index (χ0v) is 9.95. The molecule has 0 radical (unpaired) electrons. The molecule has 0 fully saturated rings. The lowest BCUT2D eigenvalue weighted by Gasteiger charge is -2.06. The predicted octanol–water partition coefficient (Wildman–Crippen LogP) is 3.14. The molecule has 0 bridgehead atoms. The summed E-state index contributed by atoms with van der Waals surface area (Å²) in [6, 6.07) is 7.57. The molecule has 3 nitrogen and oxygen atoms in total. The Kier molecular flexibility index (Phi) is 5.40. The molecule has 0 aromatic heterocycles. The van der Waals surface area contributed by atoms with Crippen LogP contribution in [0.3, 0.4) is 0 Å². The Bertz CT molecular complexity index is 319. The van der Waals surface area contributed by atoms with Crippen LogP contribution in [0.25, 0.3) is 0 Å². The lowest BCUT2D eigenvalue weighted by atomic mass is 10.2. The highest BCUT2D eigenvalue weighted by Crippen LogP contribution is 2.12. The lowest BCUT2D eigenvalue weighted by molar-refractivity contribution is 0.200. The Morgan fingerprint density at radius 2 is 1.94 bits per heavy atom. The van der Waals surface area contributed by atoms with Crippen LogP contribution in [0, 0.1) is 0 Å². The first-order valence-corrected chi connectivity index (χ1v) is 5.81. The molecule has 0 spiro atoms. The molecule has 1 aromatic carbocycles. The number of ether oxygens (including phenoxy) is 1. The van der Waals surface area contributed by atoms with Crippen LogP contribution >= 0.6 is 0 Å². The molecular formula is C13H19NO2. The summed E-state index contributed by atoms with van der Waals surface area (Å²) in [6.07, 6.45) is 2.65. The van der Waals surface area contributed by atoms with E-state index in [-0.39, 0.29) is 6.09 Å². The largest absolute Gasteiger partial charge is 0.412 e. The number of benzene rings is 1. The van der Waals surface area contributed by atoms with Crippen LogP contribution in [0.2, 0.25) is 0 Å². The molecule has 88 valence electrons. The van der Waals surface area contributed by atoms with Crippen LogP contribution in [0.5, 0.6) is 5.75 Å². The van der Waals surface area contributed by atoms with Gasteiger partial charge in [-0.1, -0.05) is 32.4 Å². The summed E-state index contributed by atoms with van der Waals surface area (Å²) in [4.78, 5) is 11.3. The lowest BCUT2D eigenvalue weighted by Crippen LogP contribution is -2.27. The van der Waals surface area contributed by atoms with E-state index in [1.165, 1.54) is 5.56 Å². The monoisotopic (exact) mass is 221 g/mol. The van der Waals surface area contributed by atoms with Crippen molar-refractivity contribution < 1.29 is 9.53 Å². The molecule has 0 saturated carbocycles. The van der Waals surface area contributed by atoms with Gasteiger partial charge >= 0.3 is 6.09 Å². The summed E-state index contributed by atoms with van der Waals surface area (Å²) < 4.78 is 5.11. The van der Waals surface area contributed by atoms with E-state index >= 15 is 0 Å². The minimum Gasteiger partial charge on any atom is -0.410 e. The third-order valence-electron chi connectivity index (χ3n) is 2.34. The number of amides is 1. The molecule has 0 heterocycles. The van der Waals surface area contributed by atoms with Crippen molar-refractivity contribution in [3.8, 4) is 5.75 Å². The first-order chi connectivity index (χ1) is 7.76. The molecule has 0 aliphatic heterocycles. The molecule has 0 saturated heterocycles. The molecule has 3 heteroatoms. The highest BCUT2D eigenvalue weighted by molar-refractivity contribution is 5.70. The first kappa shape index (κ1) is 12.6. The van der Waals surface area contributed by atoms with Crippen LogP contribution in [0.15, 0.2) is 24.3 Å². The minimum atomic E-state index is -0.377. The van der Waals surface area contributed by atoms with Gasteiger partial charge in [-0.15, -0.1) is 0 Å². The maximum absolute atomic E-state index is 11.3. The second-order valence-electron chi connectivity index (χ2n) is 3.67. The molecule has 0 unspecified atom stereocenters. The summed E-state index contributed by atoms with van der Waals surface area (Å²) in [7, 11) is 0. The second-order valence-corrected chi connectivity index (χ2v) is 3.67. The van der Waals surface area contributed by atoms with Crippen molar-refractivity contribution in [2.75, 3.05) is 6.54 Å². The van der Waals surface area contributed by atoms with Crippen molar-refractivity contribution in [3.05, 3.63) is 29.8 Å². The van der Waals surface area contributed by atoms with E-state index in [1.807, 2.05) is 24.3 Å². The summed E-state index contributed by atoms with van der Waals surface area (Å²) in [5.41, 5.74) is 1.23. The van der Waals surface area contributed by atoms with E-state index in [9.17, 15) is 4.79 Å². The topological polar surface area (TPSA) is 38.3 Å². The number of carbonyl (C=O) groups excluding carboxylic acids is 1. The third kappa shape index (κ3) is 4.34. The Morgan fingerprint density at radius 3 is 2.50 bits per heavy atom. The summed E-state index contributed by atoms with van der Waals surface area (Å²) in [5.74, 6) is 0.589. The number of hydrogen-bond acceptors (Lipinski definition) is 2. The van der Waals surface area contributed by atoms with E-state index < -0.39 is 0 Å². The molecule has 1 N–H and O–H groups in total. The zero-order chi connectivity index (χ0) is 11.8. The van der Waals surface area contributed by atoms with Crippen LogP contribution in [0.4, 0.5) is 4.79 Å². The summed E-state index contributed by atoms with van der Waals surface area (Å²) in [5, 5.41) is 2.70. The van der Waals surface area contributed by atoms with Gasteiger partial charge in [0, 0.05) is 6.54 Å². The molecule has 1 rings (SSSR count). The number of unbranched alkanes of at least 4 members (excludes halogenated alkanes) is 1. The van der Waals surface area contributed by atoms with Gasteiger partial charge in [-0.25, -0.2) is 4.79 Å². The Labute approximate surface area is 96.8 Å². The molecule has 16 heavy (non-hydrogen) atoms. The quantitative estimate of drug-likeness (QED) is 0.776. The van der Waals surface area contributed by atoms with Gasteiger partial charge < -0.3 is 10.1 Å². The maximum atomic E-state index is 11.3. The number of carbonyl (C=O) groups is 1. The Hall–Kier alpha value is -1.51. The second kappa shape index (κ2) is 6.88. The van der Waals surface area contributed by atoms with Crippen molar-refractivity contribution in [1.29, 1.82) is 0 Å². The van der Waals surface area contributed by atoms with Gasteiger partial charge in [0.25, 0.3) is 0 Å². The van der Waals surface area contributed by atoms with Gasteiger partial charge in [-0.05, 0) is 30.5 Å². The highest BCUT2D eigenvalue weighted by atomic mass is 16.5. The fourth-order valence-corrected chi connectivity index (χ4v) is 1.30. The number of aryl methyl sites for hydroxylation is 1. The van der Waals surface area contributed by atoms with Gasteiger partial charge in [-0.2, -0.15) is 0 Å². The van der Waals surface area contributed by atoms with Gasteiger partial charge in [0.2, 0.25) is 0 Å². The van der Waals surface area contributed by atoms with Crippen LogP contribution in [0.1, 0.15) is 32.3 Å². The molecular weight excluding hydrogens is 202 g/mol. The fourth-order valence-electron chi connectivity index (χ4n) is 1.30. The van der Waals surface area contributed by atoms with Crippen molar-refractivity contribution in [1.82, 2.24) is 5.32 Å². The van der Waals surface area contributed by atoms with E-state index in [1.54, 1.807) is 0 Å². The Balaban J connectivity index is 2.37. The molecule has 0 aliphatic rings. The van der Waals surface area contributed by atoms with Crippen LogP contribution in [-0.4, -0.2) is 12.6 Å². The SMILES string of the molecule is CCCCNC(=O)Oc1ccc(CC)cc1. The molecule has 0 aliphatic carbocycles. The third-order valence-corrected chi connectivity index (χ3v) is 2.34. The molecule has 1 aromatic rings. The van der Waals surface area contributed by atoms with E-state index in [0.717, 1.165) is 19.3 Å². The number of rotatable bonds is 5. The van der Waals surface area contributed by atoms with Gasteiger partial charge in [0.15, 0.2) is 0 Å².